The molecule has 0 amide bonds. The zero-order valence-electron chi connectivity index (χ0n) is 12.2. The predicted molar refractivity (Wildman–Crippen MR) is 87.9 cm³/mol. The Kier molecular flexibility index (Phi) is 3.38. The van der Waals surface area contributed by atoms with Crippen LogP contribution in [0.15, 0.2) is 41.9 Å². The second kappa shape index (κ2) is 5.55. The molecule has 1 unspecified atom stereocenters. The molecule has 3 aromatic rings. The van der Waals surface area contributed by atoms with Crippen molar-refractivity contribution in [2.45, 2.75) is 18.9 Å². The van der Waals surface area contributed by atoms with Gasteiger partial charge in [-0.25, -0.2) is 4.79 Å². The Bertz CT molecular complexity index is 910. The Labute approximate surface area is 136 Å². The van der Waals surface area contributed by atoms with Crippen molar-refractivity contribution in [2.24, 2.45) is 0 Å². The monoisotopic (exact) mass is 326 g/mol. The molecule has 23 heavy (non-hydrogen) atoms. The number of ether oxygens (including phenoxy) is 1. The highest BCUT2D eigenvalue weighted by Gasteiger charge is 2.25. The summed E-state index contributed by atoms with van der Waals surface area (Å²) in [4.78, 5) is 16.1. The van der Waals surface area contributed by atoms with Crippen LogP contribution in [0, 0.1) is 0 Å². The molecular formula is C17H14N2O3S. The van der Waals surface area contributed by atoms with Crippen LogP contribution in [0.3, 0.4) is 0 Å². The lowest BCUT2D eigenvalue weighted by atomic mass is 10.1. The van der Waals surface area contributed by atoms with Crippen LogP contribution in [0.25, 0.3) is 11.0 Å². The number of nitrogens with zero attached hydrogens (tertiary/aromatic N) is 2. The van der Waals surface area contributed by atoms with Gasteiger partial charge in [0.1, 0.15) is 11.8 Å². The number of rotatable bonds is 4. The molecule has 2 heterocycles. The largest absolute Gasteiger partial charge is 0.478 e. The highest BCUT2D eigenvalue weighted by atomic mass is 32.1. The standard InChI is InChI=1S/C17H14N2O3S/c20-15(21)8-6-13-16(18-17-19(13)9-10-23-17)22-14-7-5-11-3-1-2-4-12(11)14/h1-4,6,8-10,14H,5,7H2,(H,20,21)/b8-6+. The molecule has 1 N–H and O–H groups in total. The Morgan fingerprint density at radius 3 is 3.17 bits per heavy atom. The van der Waals surface area contributed by atoms with Gasteiger partial charge in [0.25, 0.3) is 0 Å². The van der Waals surface area contributed by atoms with E-state index in [2.05, 4.69) is 17.1 Å². The quantitative estimate of drug-likeness (QED) is 0.745. The van der Waals surface area contributed by atoms with Crippen LogP contribution in [0.5, 0.6) is 5.88 Å². The molecule has 1 atom stereocenters. The van der Waals surface area contributed by atoms with Crippen molar-refractivity contribution in [3.05, 3.63) is 58.7 Å². The van der Waals surface area contributed by atoms with E-state index in [-0.39, 0.29) is 6.10 Å². The fraction of sp³-hybridized carbons (Fsp3) is 0.176. The van der Waals surface area contributed by atoms with E-state index in [4.69, 9.17) is 9.84 Å². The van der Waals surface area contributed by atoms with Gasteiger partial charge in [0.05, 0.1) is 0 Å². The minimum Gasteiger partial charge on any atom is -0.478 e. The number of thiazole rings is 1. The first-order valence-electron chi connectivity index (χ1n) is 7.33. The summed E-state index contributed by atoms with van der Waals surface area (Å²) in [6.07, 6.45) is 6.37. The van der Waals surface area contributed by atoms with Gasteiger partial charge >= 0.3 is 5.97 Å². The normalized spacial score (nSPS) is 17.0. The SMILES string of the molecule is O=C(O)/C=C/c1c(OC2CCc3ccccc32)nc2sccn12. The summed E-state index contributed by atoms with van der Waals surface area (Å²) in [6, 6.07) is 8.25. The first-order chi connectivity index (χ1) is 11.2. The smallest absolute Gasteiger partial charge is 0.328 e. The lowest BCUT2D eigenvalue weighted by molar-refractivity contribution is -0.131. The van der Waals surface area contributed by atoms with Crippen LogP contribution in [0.4, 0.5) is 0 Å². The number of imidazole rings is 1. The van der Waals surface area contributed by atoms with Gasteiger partial charge in [0.2, 0.25) is 5.88 Å². The van der Waals surface area contributed by atoms with E-state index in [1.807, 2.05) is 28.1 Å². The summed E-state index contributed by atoms with van der Waals surface area (Å²) < 4.78 is 7.99. The van der Waals surface area contributed by atoms with Crippen LogP contribution in [0.1, 0.15) is 29.3 Å². The third-order valence-corrected chi connectivity index (χ3v) is 4.74. The summed E-state index contributed by atoms with van der Waals surface area (Å²) >= 11 is 1.49. The molecule has 0 spiro atoms. The highest BCUT2D eigenvalue weighted by molar-refractivity contribution is 7.15. The van der Waals surface area contributed by atoms with E-state index in [0.717, 1.165) is 23.9 Å². The number of hydrogen-bond acceptors (Lipinski definition) is 4. The molecule has 1 aliphatic rings. The topological polar surface area (TPSA) is 63.8 Å². The first kappa shape index (κ1) is 14.0. The van der Waals surface area contributed by atoms with E-state index in [1.54, 1.807) is 0 Å². The Morgan fingerprint density at radius 2 is 2.30 bits per heavy atom. The van der Waals surface area contributed by atoms with Gasteiger partial charge in [-0.15, -0.1) is 11.3 Å². The summed E-state index contributed by atoms with van der Waals surface area (Å²) in [5.74, 6) is -0.511. The average Bonchev–Trinajstić information content (AvgIpc) is 3.21. The summed E-state index contributed by atoms with van der Waals surface area (Å²) in [6.45, 7) is 0. The fourth-order valence-electron chi connectivity index (χ4n) is 2.95. The number of benzene rings is 1. The van der Waals surface area contributed by atoms with E-state index in [1.165, 1.54) is 28.5 Å². The van der Waals surface area contributed by atoms with Crippen molar-refractivity contribution in [3.63, 3.8) is 0 Å². The summed E-state index contributed by atoms with van der Waals surface area (Å²) in [7, 11) is 0. The maximum absolute atomic E-state index is 10.8. The van der Waals surface area contributed by atoms with Gasteiger partial charge in [-0.1, -0.05) is 24.3 Å². The van der Waals surface area contributed by atoms with Crippen LogP contribution >= 0.6 is 11.3 Å². The van der Waals surface area contributed by atoms with Gasteiger partial charge in [-0.3, -0.25) is 4.40 Å². The number of fused-ring (bicyclic) bond motifs is 2. The van der Waals surface area contributed by atoms with Gasteiger partial charge in [0.15, 0.2) is 4.96 Å². The zero-order valence-corrected chi connectivity index (χ0v) is 13.0. The first-order valence-corrected chi connectivity index (χ1v) is 8.21. The summed E-state index contributed by atoms with van der Waals surface area (Å²) in [5.41, 5.74) is 3.16. The van der Waals surface area contributed by atoms with Crippen LogP contribution < -0.4 is 4.74 Å². The second-order valence-corrected chi connectivity index (χ2v) is 6.25. The van der Waals surface area contributed by atoms with Crippen molar-refractivity contribution in [1.29, 1.82) is 0 Å². The molecule has 0 saturated heterocycles. The van der Waals surface area contributed by atoms with Crippen molar-refractivity contribution < 1.29 is 14.6 Å². The van der Waals surface area contributed by atoms with Crippen LogP contribution in [0.2, 0.25) is 0 Å². The molecular weight excluding hydrogens is 312 g/mol. The van der Waals surface area contributed by atoms with Crippen LogP contribution in [-0.2, 0) is 11.2 Å². The molecule has 0 radical (unpaired) electrons. The third-order valence-electron chi connectivity index (χ3n) is 3.98. The van der Waals surface area contributed by atoms with Gasteiger partial charge < -0.3 is 9.84 Å². The molecule has 0 aliphatic heterocycles. The van der Waals surface area contributed by atoms with Crippen LogP contribution in [-0.4, -0.2) is 20.5 Å². The van der Waals surface area contributed by atoms with E-state index in [0.29, 0.717) is 11.6 Å². The molecule has 6 heteroatoms. The molecule has 5 nitrogen and oxygen atoms in total. The number of aryl methyl sites for hydroxylation is 1. The predicted octanol–water partition coefficient (Wildman–Crippen LogP) is 3.56. The lowest BCUT2D eigenvalue weighted by Crippen LogP contribution is -2.05. The maximum atomic E-state index is 10.8. The molecule has 116 valence electrons. The van der Waals surface area contributed by atoms with Crippen molar-refractivity contribution >= 4 is 28.3 Å². The Balaban J connectivity index is 1.71. The molecule has 0 saturated carbocycles. The van der Waals surface area contributed by atoms with Gasteiger partial charge in [-0.2, -0.15) is 4.98 Å². The number of aliphatic carboxylic acids is 1. The number of hydrogen-bond donors (Lipinski definition) is 1. The number of carboxylic acid groups (broad SMARTS) is 1. The number of carbonyl (C=O) groups is 1. The molecule has 2 aromatic heterocycles. The van der Waals surface area contributed by atoms with E-state index >= 15 is 0 Å². The summed E-state index contributed by atoms with van der Waals surface area (Å²) in [5, 5.41) is 10.8. The Hall–Kier alpha value is -2.60. The maximum Gasteiger partial charge on any atom is 0.328 e. The minimum absolute atomic E-state index is 0.0345. The fourth-order valence-corrected chi connectivity index (χ4v) is 3.66. The number of carboxylic acids is 1. The molecule has 1 aliphatic carbocycles. The molecule has 0 bridgehead atoms. The van der Waals surface area contributed by atoms with E-state index in [9.17, 15) is 4.79 Å². The van der Waals surface area contributed by atoms with Gasteiger partial charge in [-0.05, 0) is 30.0 Å². The molecule has 0 fully saturated rings. The Morgan fingerprint density at radius 1 is 1.43 bits per heavy atom. The second-order valence-electron chi connectivity index (χ2n) is 5.37. The average molecular weight is 326 g/mol. The molecule has 4 rings (SSSR count). The highest BCUT2D eigenvalue weighted by Crippen LogP contribution is 2.36. The van der Waals surface area contributed by atoms with Crippen molar-refractivity contribution in [2.75, 3.05) is 0 Å². The lowest BCUT2D eigenvalue weighted by Gasteiger charge is -2.13. The minimum atomic E-state index is -0.993. The van der Waals surface area contributed by atoms with Gasteiger partial charge in [0, 0.05) is 17.7 Å². The zero-order chi connectivity index (χ0) is 15.8. The van der Waals surface area contributed by atoms with Crippen molar-refractivity contribution in [3.8, 4) is 5.88 Å². The molecule has 1 aromatic carbocycles. The third kappa shape index (κ3) is 2.51. The van der Waals surface area contributed by atoms with E-state index < -0.39 is 5.97 Å². The number of aromatic nitrogens is 2. The van der Waals surface area contributed by atoms with Crippen molar-refractivity contribution in [1.82, 2.24) is 9.38 Å².